The third-order valence-electron chi connectivity index (χ3n) is 6.27. The Balaban J connectivity index is 1.31. The van der Waals surface area contributed by atoms with E-state index in [4.69, 9.17) is 0 Å². The Bertz CT molecular complexity index is 306. The van der Waals surface area contributed by atoms with Gasteiger partial charge in [-0.15, -0.1) is 0 Å². The van der Waals surface area contributed by atoms with Gasteiger partial charge in [0.25, 0.3) is 0 Å². The predicted octanol–water partition coefficient (Wildman–Crippen LogP) is 3.81. The summed E-state index contributed by atoms with van der Waals surface area (Å²) in [4.78, 5) is 2.83. The Labute approximate surface area is 131 Å². The zero-order valence-corrected chi connectivity index (χ0v) is 13.7. The van der Waals surface area contributed by atoms with Crippen molar-refractivity contribution in [3.8, 4) is 0 Å². The molecule has 1 N–H and O–H groups in total. The molecule has 4 fully saturated rings. The van der Waals surface area contributed by atoms with Crippen molar-refractivity contribution in [2.75, 3.05) is 19.6 Å². The highest BCUT2D eigenvalue weighted by Gasteiger charge is 2.35. The van der Waals surface area contributed by atoms with Crippen LogP contribution in [-0.4, -0.2) is 36.6 Å². The molecule has 1 aliphatic heterocycles. The van der Waals surface area contributed by atoms with Gasteiger partial charge in [0.2, 0.25) is 0 Å². The minimum atomic E-state index is 0.796. The Morgan fingerprint density at radius 1 is 0.714 bits per heavy atom. The van der Waals surface area contributed by atoms with Gasteiger partial charge in [-0.1, -0.05) is 32.1 Å². The fourth-order valence-corrected chi connectivity index (χ4v) is 4.84. The van der Waals surface area contributed by atoms with Crippen molar-refractivity contribution in [1.82, 2.24) is 10.2 Å². The SMILES string of the molecule is C1CCC(NC2CC(CC3CC3)CN(CC3CC3)C2)CC1. The summed E-state index contributed by atoms with van der Waals surface area (Å²) < 4.78 is 0. The van der Waals surface area contributed by atoms with Gasteiger partial charge in [-0.3, -0.25) is 0 Å². The first kappa shape index (κ1) is 14.5. The standard InChI is InChI=1S/C19H34N2/c1-2-4-18(5-3-1)20-19-11-17(10-15-6-7-15)13-21(14-19)12-16-8-9-16/h15-20H,1-14H2. The largest absolute Gasteiger partial charge is 0.310 e. The van der Waals surface area contributed by atoms with E-state index in [1.54, 1.807) is 0 Å². The van der Waals surface area contributed by atoms with Crippen LogP contribution in [0.25, 0.3) is 0 Å². The van der Waals surface area contributed by atoms with E-state index in [2.05, 4.69) is 10.2 Å². The number of nitrogens with one attached hydrogen (secondary N) is 1. The third kappa shape index (κ3) is 4.45. The van der Waals surface area contributed by atoms with E-state index in [1.165, 1.54) is 90.3 Å². The normalized spacial score (nSPS) is 36.0. The monoisotopic (exact) mass is 290 g/mol. The average Bonchev–Trinajstić information content (AvgIpc) is 3.37. The average molecular weight is 290 g/mol. The van der Waals surface area contributed by atoms with Crippen LogP contribution in [0.5, 0.6) is 0 Å². The summed E-state index contributed by atoms with van der Waals surface area (Å²) in [5.74, 6) is 3.15. The molecule has 1 saturated heterocycles. The second kappa shape index (κ2) is 6.58. The van der Waals surface area contributed by atoms with Crippen molar-refractivity contribution in [2.45, 2.75) is 82.7 Å². The number of piperidine rings is 1. The van der Waals surface area contributed by atoms with Crippen molar-refractivity contribution < 1.29 is 0 Å². The minimum Gasteiger partial charge on any atom is -0.310 e. The Morgan fingerprint density at radius 2 is 1.48 bits per heavy atom. The van der Waals surface area contributed by atoms with E-state index in [0.717, 1.165) is 29.8 Å². The molecule has 2 heteroatoms. The summed E-state index contributed by atoms with van der Waals surface area (Å²) in [6, 6.07) is 1.63. The third-order valence-corrected chi connectivity index (χ3v) is 6.27. The molecule has 2 unspecified atom stereocenters. The molecular formula is C19H34N2. The van der Waals surface area contributed by atoms with Gasteiger partial charge in [0.05, 0.1) is 0 Å². The Kier molecular flexibility index (Phi) is 4.55. The van der Waals surface area contributed by atoms with Gasteiger partial charge < -0.3 is 10.2 Å². The van der Waals surface area contributed by atoms with Crippen LogP contribution in [0.4, 0.5) is 0 Å². The molecule has 120 valence electrons. The van der Waals surface area contributed by atoms with Crippen LogP contribution in [-0.2, 0) is 0 Å². The lowest BCUT2D eigenvalue weighted by Gasteiger charge is -2.40. The molecule has 3 aliphatic carbocycles. The fraction of sp³-hybridized carbons (Fsp3) is 1.00. The van der Waals surface area contributed by atoms with Crippen molar-refractivity contribution in [1.29, 1.82) is 0 Å². The summed E-state index contributed by atoms with van der Waals surface area (Å²) in [5, 5.41) is 4.06. The Morgan fingerprint density at radius 3 is 2.19 bits per heavy atom. The van der Waals surface area contributed by atoms with Gasteiger partial charge in [0, 0.05) is 31.7 Å². The molecule has 2 atom stereocenters. The first-order valence-corrected chi connectivity index (χ1v) is 9.83. The minimum absolute atomic E-state index is 0.796. The first-order chi connectivity index (χ1) is 10.3. The predicted molar refractivity (Wildman–Crippen MR) is 88.4 cm³/mol. The topological polar surface area (TPSA) is 15.3 Å². The quantitative estimate of drug-likeness (QED) is 0.800. The van der Waals surface area contributed by atoms with Gasteiger partial charge in [-0.05, 0) is 56.3 Å². The maximum Gasteiger partial charge on any atom is 0.0200 e. The molecule has 21 heavy (non-hydrogen) atoms. The molecular weight excluding hydrogens is 256 g/mol. The molecule has 0 aromatic carbocycles. The lowest BCUT2D eigenvalue weighted by Crippen LogP contribution is -2.52. The first-order valence-electron chi connectivity index (χ1n) is 9.83. The van der Waals surface area contributed by atoms with Crippen LogP contribution >= 0.6 is 0 Å². The van der Waals surface area contributed by atoms with Crippen LogP contribution in [0, 0.1) is 17.8 Å². The summed E-state index contributed by atoms with van der Waals surface area (Å²) in [7, 11) is 0. The maximum absolute atomic E-state index is 4.06. The zero-order valence-electron chi connectivity index (χ0n) is 13.7. The number of nitrogens with zero attached hydrogens (tertiary/aromatic N) is 1. The van der Waals surface area contributed by atoms with Crippen LogP contribution in [0.15, 0.2) is 0 Å². The molecule has 0 radical (unpaired) electrons. The molecule has 0 bridgehead atoms. The van der Waals surface area contributed by atoms with Crippen molar-refractivity contribution in [2.24, 2.45) is 17.8 Å². The number of rotatable bonds is 6. The number of likely N-dealkylation sites (tertiary alicyclic amines) is 1. The number of hydrogen-bond acceptors (Lipinski definition) is 2. The molecule has 4 rings (SSSR count). The van der Waals surface area contributed by atoms with E-state index < -0.39 is 0 Å². The van der Waals surface area contributed by atoms with Crippen molar-refractivity contribution in [3.63, 3.8) is 0 Å². The summed E-state index contributed by atoms with van der Waals surface area (Å²) in [5.41, 5.74) is 0. The second-order valence-electron chi connectivity index (χ2n) is 8.64. The van der Waals surface area contributed by atoms with Gasteiger partial charge in [-0.2, -0.15) is 0 Å². The molecule has 1 heterocycles. The lowest BCUT2D eigenvalue weighted by molar-refractivity contribution is 0.118. The lowest BCUT2D eigenvalue weighted by atomic mass is 9.88. The smallest absolute Gasteiger partial charge is 0.0200 e. The van der Waals surface area contributed by atoms with E-state index >= 15 is 0 Å². The van der Waals surface area contributed by atoms with Crippen LogP contribution < -0.4 is 5.32 Å². The van der Waals surface area contributed by atoms with E-state index in [0.29, 0.717) is 0 Å². The van der Waals surface area contributed by atoms with Crippen LogP contribution in [0.3, 0.4) is 0 Å². The zero-order chi connectivity index (χ0) is 14.1. The molecule has 0 aromatic heterocycles. The van der Waals surface area contributed by atoms with E-state index in [-0.39, 0.29) is 0 Å². The highest BCUT2D eigenvalue weighted by Crippen LogP contribution is 2.39. The maximum atomic E-state index is 4.06. The van der Waals surface area contributed by atoms with Crippen LogP contribution in [0.1, 0.15) is 70.6 Å². The van der Waals surface area contributed by atoms with Crippen molar-refractivity contribution in [3.05, 3.63) is 0 Å². The van der Waals surface area contributed by atoms with Gasteiger partial charge in [0.1, 0.15) is 0 Å². The summed E-state index contributed by atoms with van der Waals surface area (Å²) >= 11 is 0. The van der Waals surface area contributed by atoms with Gasteiger partial charge in [-0.25, -0.2) is 0 Å². The highest BCUT2D eigenvalue weighted by atomic mass is 15.2. The Hall–Kier alpha value is -0.0800. The fourth-order valence-electron chi connectivity index (χ4n) is 4.84. The molecule has 4 aliphatic rings. The summed E-state index contributed by atoms with van der Waals surface area (Å²) in [6.45, 7) is 4.16. The molecule has 0 aromatic rings. The highest BCUT2D eigenvalue weighted by molar-refractivity contribution is 4.91. The number of hydrogen-bond donors (Lipinski definition) is 1. The second-order valence-corrected chi connectivity index (χ2v) is 8.64. The van der Waals surface area contributed by atoms with Crippen molar-refractivity contribution >= 4 is 0 Å². The van der Waals surface area contributed by atoms with Crippen LogP contribution in [0.2, 0.25) is 0 Å². The molecule has 2 nitrogen and oxygen atoms in total. The van der Waals surface area contributed by atoms with Gasteiger partial charge in [0.15, 0.2) is 0 Å². The molecule has 0 spiro atoms. The molecule has 0 amide bonds. The van der Waals surface area contributed by atoms with Gasteiger partial charge >= 0.3 is 0 Å². The molecule has 3 saturated carbocycles. The summed E-state index contributed by atoms with van der Waals surface area (Å²) in [6.07, 6.45) is 16.3. The van der Waals surface area contributed by atoms with E-state index in [9.17, 15) is 0 Å². The van der Waals surface area contributed by atoms with E-state index in [1.807, 2.05) is 0 Å².